The highest BCUT2D eigenvalue weighted by Gasteiger charge is 2.12. The largest absolute Gasteiger partial charge is 0.410 e. The summed E-state index contributed by atoms with van der Waals surface area (Å²) in [7, 11) is 0. The summed E-state index contributed by atoms with van der Waals surface area (Å²) in [5.41, 5.74) is 10.4. The summed E-state index contributed by atoms with van der Waals surface area (Å²) >= 11 is 0. The third-order valence-electron chi connectivity index (χ3n) is 3.68. The first kappa shape index (κ1) is 17.2. The third kappa shape index (κ3) is 4.05. The number of anilines is 1. The lowest BCUT2D eigenvalue weighted by Gasteiger charge is -2.12. The van der Waals surface area contributed by atoms with E-state index in [4.69, 9.17) is 15.7 Å². The topological polar surface area (TPSA) is 130 Å². The van der Waals surface area contributed by atoms with Crippen LogP contribution in [0, 0.1) is 0 Å². The van der Waals surface area contributed by atoms with E-state index < -0.39 is 6.09 Å². The minimum Gasteiger partial charge on any atom is -0.410 e. The first-order chi connectivity index (χ1) is 12.5. The predicted octanol–water partition coefficient (Wildman–Crippen LogP) is 2.29. The molecule has 26 heavy (non-hydrogen) atoms. The maximum absolute atomic E-state index is 11.2. The first-order valence-corrected chi connectivity index (χ1v) is 7.70. The van der Waals surface area contributed by atoms with E-state index in [2.05, 4.69) is 15.7 Å². The van der Waals surface area contributed by atoms with Gasteiger partial charge in [0.05, 0.1) is 11.4 Å². The molecule has 3 rings (SSSR count). The Morgan fingerprint density at radius 3 is 2.73 bits per heavy atom. The number of rotatable bonds is 5. The molecule has 0 spiro atoms. The first-order valence-electron chi connectivity index (χ1n) is 7.70. The van der Waals surface area contributed by atoms with Gasteiger partial charge in [-0.2, -0.15) is 5.10 Å². The Hall–Kier alpha value is -3.65. The second kappa shape index (κ2) is 7.49. The van der Waals surface area contributed by atoms with Crippen LogP contribution in [0.4, 0.5) is 10.5 Å². The molecule has 5 N–H and O–H groups in total. The number of nitrogens with two attached hydrogens (primary N) is 1. The number of carbonyl (C=O) groups is 1. The zero-order valence-electron chi connectivity index (χ0n) is 13.6. The number of nitrogens with one attached hydrogen (secondary N) is 2. The fraction of sp³-hybridized carbons (Fsp3) is 0.0556. The molecule has 2 aromatic carbocycles. The fourth-order valence-electron chi connectivity index (χ4n) is 2.55. The highest BCUT2D eigenvalue weighted by molar-refractivity contribution is 5.78. The van der Waals surface area contributed by atoms with Gasteiger partial charge in [-0.3, -0.25) is 15.5 Å². The zero-order chi connectivity index (χ0) is 18.5. The number of hydrogen-bond acceptors (Lipinski definition) is 6. The van der Waals surface area contributed by atoms with Crippen LogP contribution in [0.15, 0.2) is 59.4 Å². The van der Waals surface area contributed by atoms with Gasteiger partial charge >= 0.3 is 6.09 Å². The minimum atomic E-state index is -0.919. The van der Waals surface area contributed by atoms with Crippen molar-refractivity contribution in [2.45, 2.75) is 6.42 Å². The molecule has 0 aliphatic rings. The monoisotopic (exact) mass is 352 g/mol. The summed E-state index contributed by atoms with van der Waals surface area (Å²) in [6.07, 6.45) is -0.448. The molecule has 0 fully saturated rings. The number of aromatic nitrogens is 2. The molecule has 0 unspecified atom stereocenters. The number of ether oxygens (including phenoxy) is 1. The molecule has 8 heteroatoms. The standard InChI is InChI=1S/C18H16N4O4/c19-18(24)26-16-6-4-11(8-13-5-7-17(23)21-20-13)9-15(16)12-2-1-3-14(10-12)22-25/h1-7,9-10,22,25H,8H2,(H2,19,24)(H,21,23). The molecule has 1 amide bonds. The Morgan fingerprint density at radius 1 is 1.19 bits per heavy atom. The molecule has 3 aromatic rings. The van der Waals surface area contributed by atoms with Crippen molar-refractivity contribution in [3.63, 3.8) is 0 Å². The Balaban J connectivity index is 2.01. The van der Waals surface area contributed by atoms with E-state index in [0.717, 1.165) is 11.1 Å². The Morgan fingerprint density at radius 2 is 2.04 bits per heavy atom. The highest BCUT2D eigenvalue weighted by Crippen LogP contribution is 2.33. The zero-order valence-corrected chi connectivity index (χ0v) is 13.6. The van der Waals surface area contributed by atoms with Gasteiger partial charge in [0.2, 0.25) is 0 Å². The molecule has 8 nitrogen and oxygen atoms in total. The Labute approximate surface area is 148 Å². The van der Waals surface area contributed by atoms with Crippen LogP contribution in [0.2, 0.25) is 0 Å². The minimum absolute atomic E-state index is 0.270. The molecular formula is C18H16N4O4. The van der Waals surface area contributed by atoms with Crippen molar-refractivity contribution in [3.8, 4) is 16.9 Å². The van der Waals surface area contributed by atoms with Gasteiger partial charge < -0.3 is 10.5 Å². The molecule has 132 valence electrons. The van der Waals surface area contributed by atoms with Crippen molar-refractivity contribution in [3.05, 3.63) is 76.2 Å². The number of benzene rings is 2. The fourth-order valence-corrected chi connectivity index (χ4v) is 2.55. The van der Waals surface area contributed by atoms with E-state index in [1.807, 2.05) is 12.1 Å². The van der Waals surface area contributed by atoms with Crippen molar-refractivity contribution in [2.75, 3.05) is 5.48 Å². The van der Waals surface area contributed by atoms with E-state index in [-0.39, 0.29) is 5.56 Å². The van der Waals surface area contributed by atoms with Crippen LogP contribution < -0.4 is 21.5 Å². The summed E-state index contributed by atoms with van der Waals surface area (Å²) in [6.45, 7) is 0. The lowest BCUT2D eigenvalue weighted by atomic mass is 9.99. The summed E-state index contributed by atoms with van der Waals surface area (Å²) in [5, 5.41) is 15.5. The third-order valence-corrected chi connectivity index (χ3v) is 3.68. The van der Waals surface area contributed by atoms with Crippen molar-refractivity contribution in [1.29, 1.82) is 0 Å². The molecule has 0 aliphatic heterocycles. The number of amides is 1. The van der Waals surface area contributed by atoms with Crippen LogP contribution in [0.5, 0.6) is 5.75 Å². The predicted molar refractivity (Wildman–Crippen MR) is 95.2 cm³/mol. The SMILES string of the molecule is NC(=O)Oc1ccc(Cc2ccc(=O)[nH]n2)cc1-c1cccc(NO)c1. The summed E-state index contributed by atoms with van der Waals surface area (Å²) in [6, 6.07) is 15.2. The lowest BCUT2D eigenvalue weighted by Crippen LogP contribution is -2.16. The number of nitrogens with zero attached hydrogens (tertiary/aromatic N) is 1. The van der Waals surface area contributed by atoms with Crippen LogP contribution in [-0.2, 0) is 6.42 Å². The summed E-state index contributed by atoms with van der Waals surface area (Å²) < 4.78 is 5.09. The Bertz CT molecular complexity index is 980. The van der Waals surface area contributed by atoms with Gasteiger partial charge in [-0.1, -0.05) is 18.2 Å². The second-order valence-corrected chi connectivity index (χ2v) is 5.53. The number of primary amides is 1. The molecule has 0 atom stereocenters. The lowest BCUT2D eigenvalue weighted by molar-refractivity contribution is 0.211. The van der Waals surface area contributed by atoms with Gasteiger partial charge in [0, 0.05) is 18.1 Å². The number of hydrogen-bond donors (Lipinski definition) is 4. The van der Waals surface area contributed by atoms with Crippen LogP contribution in [0.1, 0.15) is 11.3 Å². The molecule has 0 radical (unpaired) electrons. The highest BCUT2D eigenvalue weighted by atomic mass is 16.5. The molecule has 0 saturated carbocycles. The van der Waals surface area contributed by atoms with Crippen molar-refractivity contribution in [1.82, 2.24) is 10.2 Å². The molecule has 0 aliphatic carbocycles. The number of H-pyrrole nitrogens is 1. The van der Waals surface area contributed by atoms with Gasteiger partial charge in [0.15, 0.2) is 0 Å². The van der Waals surface area contributed by atoms with E-state index in [1.165, 1.54) is 6.07 Å². The molecular weight excluding hydrogens is 336 g/mol. The van der Waals surface area contributed by atoms with Crippen molar-refractivity contribution < 1.29 is 14.7 Å². The van der Waals surface area contributed by atoms with Crippen molar-refractivity contribution >= 4 is 11.8 Å². The van der Waals surface area contributed by atoms with Gasteiger partial charge in [-0.15, -0.1) is 0 Å². The molecule has 1 aromatic heterocycles. The van der Waals surface area contributed by atoms with Crippen LogP contribution in [0.3, 0.4) is 0 Å². The Kier molecular flexibility index (Phi) is 4.95. The quantitative estimate of drug-likeness (QED) is 0.521. The van der Waals surface area contributed by atoms with Gasteiger partial charge in [-0.25, -0.2) is 9.89 Å². The maximum atomic E-state index is 11.2. The van der Waals surface area contributed by atoms with E-state index in [1.54, 1.807) is 36.4 Å². The average molecular weight is 352 g/mol. The van der Waals surface area contributed by atoms with E-state index in [0.29, 0.717) is 29.1 Å². The van der Waals surface area contributed by atoms with Gasteiger partial charge in [-0.05, 0) is 41.5 Å². The maximum Gasteiger partial charge on any atom is 0.409 e. The van der Waals surface area contributed by atoms with E-state index >= 15 is 0 Å². The molecule has 0 saturated heterocycles. The molecule has 0 bridgehead atoms. The van der Waals surface area contributed by atoms with Crippen LogP contribution >= 0.6 is 0 Å². The van der Waals surface area contributed by atoms with Gasteiger partial charge in [0.25, 0.3) is 5.56 Å². The number of carbonyl (C=O) groups excluding carboxylic acids is 1. The second-order valence-electron chi connectivity index (χ2n) is 5.53. The van der Waals surface area contributed by atoms with E-state index in [9.17, 15) is 9.59 Å². The van der Waals surface area contributed by atoms with Gasteiger partial charge in [0.1, 0.15) is 5.75 Å². The van der Waals surface area contributed by atoms with Crippen molar-refractivity contribution in [2.24, 2.45) is 5.73 Å². The van der Waals surface area contributed by atoms with Crippen LogP contribution in [0.25, 0.3) is 11.1 Å². The number of aromatic amines is 1. The van der Waals surface area contributed by atoms with Crippen LogP contribution in [-0.4, -0.2) is 21.5 Å². The average Bonchev–Trinajstić information content (AvgIpc) is 2.64. The summed E-state index contributed by atoms with van der Waals surface area (Å²) in [5.74, 6) is 0.297. The normalized spacial score (nSPS) is 10.3. The summed E-state index contributed by atoms with van der Waals surface area (Å²) in [4.78, 5) is 22.3. The molecule has 1 heterocycles. The smallest absolute Gasteiger partial charge is 0.409 e.